The van der Waals surface area contributed by atoms with E-state index in [0.717, 1.165) is 0 Å². The summed E-state index contributed by atoms with van der Waals surface area (Å²) in [6, 6.07) is 22.9. The van der Waals surface area contributed by atoms with Crippen LogP contribution in [0, 0.1) is 0 Å². The fraction of sp³-hybridized carbons (Fsp3) is 0.308. The summed E-state index contributed by atoms with van der Waals surface area (Å²) in [7, 11) is -11.2. The maximum atomic E-state index is 13.6. The molecular formula is C26H23F9O6S3. The predicted molar refractivity (Wildman–Crippen MR) is 143 cm³/mol. The van der Waals surface area contributed by atoms with E-state index in [1.807, 2.05) is 12.1 Å². The highest BCUT2D eigenvalue weighted by molar-refractivity contribution is 7.99. The van der Waals surface area contributed by atoms with Gasteiger partial charge in [0.15, 0.2) is 0 Å². The fourth-order valence-electron chi connectivity index (χ4n) is 2.87. The number of benzene rings is 3. The third-order valence-electron chi connectivity index (χ3n) is 5.15. The lowest BCUT2D eigenvalue weighted by molar-refractivity contribution is -0.382. The van der Waals surface area contributed by atoms with Crippen molar-refractivity contribution < 1.29 is 64.7 Å². The summed E-state index contributed by atoms with van der Waals surface area (Å²) >= 11 is 1.79. The van der Waals surface area contributed by atoms with Crippen molar-refractivity contribution in [3.05, 3.63) is 84.9 Å². The molecule has 44 heavy (non-hydrogen) atoms. The van der Waals surface area contributed by atoms with Gasteiger partial charge in [0.05, 0.1) is 5.75 Å². The molecule has 0 aliphatic carbocycles. The van der Waals surface area contributed by atoms with Crippen molar-refractivity contribution in [1.82, 2.24) is 0 Å². The fourth-order valence-corrected chi connectivity index (χ4v) is 5.77. The van der Waals surface area contributed by atoms with E-state index in [1.165, 1.54) is 9.79 Å². The van der Waals surface area contributed by atoms with Gasteiger partial charge in [-0.1, -0.05) is 61.5 Å². The average Bonchev–Trinajstić information content (AvgIpc) is 2.93. The van der Waals surface area contributed by atoms with Crippen molar-refractivity contribution in [3.8, 4) is 11.5 Å². The van der Waals surface area contributed by atoms with E-state index in [2.05, 4.69) is 56.9 Å². The maximum Gasteiger partial charge on any atom is 0.460 e. The summed E-state index contributed by atoms with van der Waals surface area (Å²) in [4.78, 5) is 2.57. The van der Waals surface area contributed by atoms with Gasteiger partial charge in [-0.25, -0.2) is 0 Å². The largest absolute Gasteiger partial charge is 0.460 e. The quantitative estimate of drug-likeness (QED) is 0.139. The monoisotopic (exact) mass is 698 g/mol. The van der Waals surface area contributed by atoms with E-state index in [1.54, 1.807) is 18.7 Å². The van der Waals surface area contributed by atoms with Crippen molar-refractivity contribution in [3.63, 3.8) is 0 Å². The number of hydrogen-bond donors (Lipinski definition) is 0. The second kappa shape index (κ2) is 14.3. The third kappa shape index (κ3) is 9.20. The van der Waals surface area contributed by atoms with Gasteiger partial charge in [-0.3, -0.25) is 0 Å². The zero-order valence-electron chi connectivity index (χ0n) is 22.3. The molecule has 0 atom stereocenters. The molecule has 244 valence electrons. The van der Waals surface area contributed by atoms with Crippen LogP contribution in [0.15, 0.2) is 94.7 Å². The van der Waals surface area contributed by atoms with Crippen LogP contribution < -0.4 is 8.37 Å². The number of unbranched alkanes of at least 4 members (excludes halogenated alkanes) is 1. The Bertz CT molecular complexity index is 1510. The van der Waals surface area contributed by atoms with Gasteiger partial charge in [0.1, 0.15) is 11.5 Å². The molecule has 3 rings (SSSR count). The molecule has 0 N–H and O–H groups in total. The summed E-state index contributed by atoms with van der Waals surface area (Å²) in [5, 5.41) is -7.02. The Balaban J connectivity index is 0.000000425. The molecule has 0 saturated heterocycles. The smallest absolute Gasteiger partial charge is 0.382 e. The second-order valence-electron chi connectivity index (χ2n) is 8.60. The van der Waals surface area contributed by atoms with E-state index in [-0.39, 0.29) is 6.42 Å². The van der Waals surface area contributed by atoms with E-state index in [0.29, 0.717) is 30.7 Å². The minimum atomic E-state index is -7.44. The van der Waals surface area contributed by atoms with Crippen molar-refractivity contribution >= 4 is 32.0 Å². The van der Waals surface area contributed by atoms with Gasteiger partial charge < -0.3 is 8.37 Å². The number of rotatable bonds is 12. The van der Waals surface area contributed by atoms with Gasteiger partial charge in [-0.2, -0.15) is 56.3 Å². The van der Waals surface area contributed by atoms with Crippen molar-refractivity contribution in [2.24, 2.45) is 0 Å². The van der Waals surface area contributed by atoms with Gasteiger partial charge in [0.2, 0.25) is 0 Å². The Labute approximate surface area is 251 Å². The highest BCUT2D eigenvalue weighted by Gasteiger charge is 2.86. The van der Waals surface area contributed by atoms with Gasteiger partial charge in [-0.05, 0) is 55.0 Å². The van der Waals surface area contributed by atoms with Crippen LogP contribution in [0.3, 0.4) is 0 Å². The van der Waals surface area contributed by atoms with Crippen LogP contribution in [0.4, 0.5) is 39.5 Å². The van der Waals surface area contributed by atoms with Crippen LogP contribution in [-0.4, -0.2) is 45.9 Å². The van der Waals surface area contributed by atoms with E-state index in [9.17, 15) is 56.3 Å². The van der Waals surface area contributed by atoms with Crippen molar-refractivity contribution in [2.45, 2.75) is 52.8 Å². The van der Waals surface area contributed by atoms with Crippen LogP contribution in [-0.2, 0) is 20.2 Å². The van der Waals surface area contributed by atoms with Gasteiger partial charge >= 0.3 is 43.5 Å². The number of halogens is 9. The summed E-state index contributed by atoms with van der Waals surface area (Å²) < 4.78 is 170. The highest BCUT2D eigenvalue weighted by Crippen LogP contribution is 2.55. The lowest BCUT2D eigenvalue weighted by atomic mass is 10.1. The molecule has 0 radical (unpaired) electrons. The first-order chi connectivity index (χ1) is 20.2. The van der Waals surface area contributed by atoms with Gasteiger partial charge in [-0.15, -0.1) is 0 Å². The first-order valence-electron chi connectivity index (χ1n) is 12.1. The van der Waals surface area contributed by atoms with Gasteiger partial charge in [0, 0.05) is 9.79 Å². The summed E-state index contributed by atoms with van der Waals surface area (Å²) in [6.45, 7) is 1.67. The SMILES string of the molecule is CCCCS(=O)(=O)Oc1ccc(OS(=O)(=O)C(F)(F)C(F)(F)C(F)(F)C(F)(F)F)cc1.c1ccc(Sc2ccccc2)cc1. The molecular weight excluding hydrogens is 675 g/mol. The van der Waals surface area contributed by atoms with E-state index < -0.39 is 60.8 Å². The molecule has 6 nitrogen and oxygen atoms in total. The summed E-state index contributed by atoms with van der Waals surface area (Å²) in [6.07, 6.45) is -6.51. The molecule has 18 heteroatoms. The van der Waals surface area contributed by atoms with Crippen molar-refractivity contribution in [1.29, 1.82) is 0 Å². The molecule has 0 spiro atoms. The molecule has 0 saturated carbocycles. The first-order valence-corrected chi connectivity index (χ1v) is 15.9. The topological polar surface area (TPSA) is 86.7 Å². The van der Waals surface area contributed by atoms with Crippen LogP contribution in [0.25, 0.3) is 0 Å². The molecule has 3 aromatic rings. The third-order valence-corrected chi connectivity index (χ3v) is 8.70. The number of hydrogen-bond acceptors (Lipinski definition) is 7. The van der Waals surface area contributed by atoms with E-state index >= 15 is 0 Å². The van der Waals surface area contributed by atoms with E-state index in [4.69, 9.17) is 0 Å². The molecule has 0 aliphatic heterocycles. The Morgan fingerprint density at radius 1 is 0.614 bits per heavy atom. The summed E-state index contributed by atoms with van der Waals surface area (Å²) in [5.74, 6) is -17.0. The molecule has 0 bridgehead atoms. The molecule has 3 aromatic carbocycles. The Hall–Kier alpha value is -3.12. The minimum absolute atomic E-state index is 0.216. The molecule has 0 fully saturated rings. The molecule has 0 unspecified atom stereocenters. The van der Waals surface area contributed by atoms with Crippen LogP contribution in [0.1, 0.15) is 19.8 Å². The lowest BCUT2D eigenvalue weighted by Gasteiger charge is -2.32. The van der Waals surface area contributed by atoms with Crippen LogP contribution in [0.2, 0.25) is 0 Å². The normalized spacial score (nSPS) is 13.0. The maximum absolute atomic E-state index is 13.6. The Morgan fingerprint density at radius 2 is 1.02 bits per heavy atom. The minimum Gasteiger partial charge on any atom is -0.382 e. The van der Waals surface area contributed by atoms with Gasteiger partial charge in [0.25, 0.3) is 0 Å². The molecule has 0 aliphatic rings. The second-order valence-corrected chi connectivity index (χ2v) is 13.0. The molecule has 0 aromatic heterocycles. The zero-order valence-corrected chi connectivity index (χ0v) is 24.7. The first kappa shape index (κ1) is 37.1. The van der Waals surface area contributed by atoms with Crippen molar-refractivity contribution in [2.75, 3.05) is 5.75 Å². The van der Waals surface area contributed by atoms with Crippen LogP contribution >= 0.6 is 11.8 Å². The molecule has 0 amide bonds. The Morgan fingerprint density at radius 3 is 1.41 bits per heavy atom. The zero-order chi connectivity index (χ0) is 33.5. The highest BCUT2D eigenvalue weighted by atomic mass is 32.2. The van der Waals surface area contributed by atoms with Crippen LogP contribution in [0.5, 0.6) is 11.5 Å². The molecule has 0 heterocycles. The predicted octanol–water partition coefficient (Wildman–Crippen LogP) is 8.17. The average molecular weight is 699 g/mol. The number of alkyl halides is 9. The standard InChI is InChI=1S/C14H13F9O6S2.C12H10S/c1-2-3-8-30(24,25)28-9-4-6-10(7-5-9)29-31(26,27)14(22,23)12(17,18)11(15,16)13(19,20)21;1-3-7-11(8-4-1)13-12-9-5-2-6-10-12/h4-7H,2-3,8H2,1H3;1-10H. The summed E-state index contributed by atoms with van der Waals surface area (Å²) in [5.41, 5.74) is 0. The lowest BCUT2D eigenvalue weighted by Crippen LogP contribution is -2.63. The Kier molecular flexibility index (Phi) is 12.1.